The summed E-state index contributed by atoms with van der Waals surface area (Å²) in [7, 11) is 0. The number of H-pyrrole nitrogens is 1. The van der Waals surface area contributed by atoms with Crippen LogP contribution in [0.3, 0.4) is 0 Å². The van der Waals surface area contributed by atoms with E-state index in [2.05, 4.69) is 31.0 Å². The van der Waals surface area contributed by atoms with E-state index < -0.39 is 4.92 Å². The van der Waals surface area contributed by atoms with Crippen LogP contribution in [-0.2, 0) is 6.42 Å². The Morgan fingerprint density at radius 2 is 2.00 bits per heavy atom. The van der Waals surface area contributed by atoms with Crippen LogP contribution in [0.15, 0.2) is 42.5 Å². The van der Waals surface area contributed by atoms with Crippen molar-refractivity contribution in [1.82, 2.24) is 4.98 Å². The number of benzene rings is 2. The summed E-state index contributed by atoms with van der Waals surface area (Å²) in [6, 6.07) is 12.7. The van der Waals surface area contributed by atoms with Crippen molar-refractivity contribution in [2.24, 2.45) is 0 Å². The summed E-state index contributed by atoms with van der Waals surface area (Å²) < 4.78 is 0. The first kappa shape index (κ1) is 16.3. The molecular weight excluding hydrogens is 330 g/mol. The van der Waals surface area contributed by atoms with E-state index in [0.717, 1.165) is 16.5 Å². The SMILES string of the molecule is CC(C)c1ccc2cc(C(=O)N3CCc4ccc([N+](=O)[O-])cc43)[nH]c2c1. The summed E-state index contributed by atoms with van der Waals surface area (Å²) in [6.07, 6.45) is 0.705. The number of nitrogens with one attached hydrogen (secondary N) is 1. The van der Waals surface area contributed by atoms with Crippen LogP contribution in [0.1, 0.15) is 41.4 Å². The molecular formula is C20H19N3O3. The molecule has 2 aromatic carbocycles. The lowest BCUT2D eigenvalue weighted by Crippen LogP contribution is -2.29. The third-order valence-electron chi connectivity index (χ3n) is 4.96. The van der Waals surface area contributed by atoms with Gasteiger partial charge in [0, 0.05) is 29.6 Å². The highest BCUT2D eigenvalue weighted by molar-refractivity contribution is 6.08. The first-order valence-corrected chi connectivity index (χ1v) is 8.66. The van der Waals surface area contributed by atoms with Crippen LogP contribution in [0.5, 0.6) is 0 Å². The number of carbonyl (C=O) groups is 1. The number of amides is 1. The zero-order chi connectivity index (χ0) is 18.4. The van der Waals surface area contributed by atoms with Gasteiger partial charge in [0.25, 0.3) is 11.6 Å². The summed E-state index contributed by atoms with van der Waals surface area (Å²) in [6.45, 7) is 4.79. The Hall–Kier alpha value is -3.15. The molecule has 0 spiro atoms. The number of nitro groups is 1. The Morgan fingerprint density at radius 1 is 1.19 bits per heavy atom. The van der Waals surface area contributed by atoms with Crippen LogP contribution in [-0.4, -0.2) is 22.4 Å². The Morgan fingerprint density at radius 3 is 2.73 bits per heavy atom. The largest absolute Gasteiger partial charge is 0.351 e. The molecule has 0 fully saturated rings. The molecule has 1 amide bonds. The molecule has 3 aromatic rings. The average Bonchev–Trinajstić information content (AvgIpc) is 3.23. The molecule has 1 N–H and O–H groups in total. The molecule has 0 saturated carbocycles. The second-order valence-electron chi connectivity index (χ2n) is 6.96. The predicted molar refractivity (Wildman–Crippen MR) is 101 cm³/mol. The molecule has 1 aliphatic rings. The third kappa shape index (κ3) is 2.63. The number of hydrogen-bond donors (Lipinski definition) is 1. The van der Waals surface area contributed by atoms with Crippen LogP contribution in [0.25, 0.3) is 10.9 Å². The van der Waals surface area contributed by atoms with Crippen molar-refractivity contribution in [1.29, 1.82) is 0 Å². The smallest absolute Gasteiger partial charge is 0.274 e. The second kappa shape index (κ2) is 5.98. The highest BCUT2D eigenvalue weighted by atomic mass is 16.6. The first-order valence-electron chi connectivity index (χ1n) is 8.66. The van der Waals surface area contributed by atoms with Crippen LogP contribution in [0, 0.1) is 10.1 Å². The number of fused-ring (bicyclic) bond motifs is 2. The van der Waals surface area contributed by atoms with Crippen LogP contribution < -0.4 is 4.90 Å². The first-order chi connectivity index (χ1) is 12.4. The lowest BCUT2D eigenvalue weighted by Gasteiger charge is -2.16. The highest BCUT2D eigenvalue weighted by Crippen LogP contribution is 2.33. The molecule has 0 radical (unpaired) electrons. The Labute approximate surface area is 150 Å². The predicted octanol–water partition coefficient (Wildman–Crippen LogP) is 4.40. The molecule has 132 valence electrons. The molecule has 6 nitrogen and oxygen atoms in total. The molecule has 0 unspecified atom stereocenters. The van der Waals surface area contributed by atoms with Crippen LogP contribution >= 0.6 is 0 Å². The molecule has 1 aromatic heterocycles. The summed E-state index contributed by atoms with van der Waals surface area (Å²) in [5.74, 6) is 0.249. The van der Waals surface area contributed by atoms with E-state index in [1.165, 1.54) is 17.7 Å². The summed E-state index contributed by atoms with van der Waals surface area (Å²) in [5, 5.41) is 12.0. The van der Waals surface area contributed by atoms with Crippen molar-refractivity contribution >= 4 is 28.2 Å². The highest BCUT2D eigenvalue weighted by Gasteiger charge is 2.28. The molecule has 26 heavy (non-hydrogen) atoms. The quantitative estimate of drug-likeness (QED) is 0.562. The van der Waals surface area contributed by atoms with Gasteiger partial charge in [0.05, 0.1) is 10.6 Å². The van der Waals surface area contributed by atoms with Crippen molar-refractivity contribution < 1.29 is 9.72 Å². The standard InChI is InChI=1S/C20H19N3O3/c1-12(2)14-3-4-15-10-18(21-17(15)9-14)20(24)22-8-7-13-5-6-16(23(25)26)11-19(13)22/h3-6,9-12,21H,7-8H2,1-2H3. The fraction of sp³-hybridized carbons (Fsp3) is 0.250. The molecule has 4 rings (SSSR count). The summed E-state index contributed by atoms with van der Waals surface area (Å²) in [5.41, 5.74) is 4.23. The van der Waals surface area contributed by atoms with Gasteiger partial charge in [-0.2, -0.15) is 0 Å². The number of nitro benzene ring substituents is 1. The van der Waals surface area contributed by atoms with E-state index in [4.69, 9.17) is 0 Å². The summed E-state index contributed by atoms with van der Waals surface area (Å²) in [4.78, 5) is 28.5. The molecule has 2 heterocycles. The molecule has 1 aliphatic heterocycles. The maximum Gasteiger partial charge on any atom is 0.274 e. The molecule has 0 saturated heterocycles. The van der Waals surface area contributed by atoms with Crippen molar-refractivity contribution in [3.8, 4) is 0 Å². The van der Waals surface area contributed by atoms with E-state index in [1.807, 2.05) is 12.1 Å². The third-order valence-corrected chi connectivity index (χ3v) is 4.96. The van der Waals surface area contributed by atoms with E-state index in [9.17, 15) is 14.9 Å². The van der Waals surface area contributed by atoms with Gasteiger partial charge in [-0.1, -0.05) is 32.0 Å². The Kier molecular flexibility index (Phi) is 3.76. The Balaban J connectivity index is 1.70. The number of non-ortho nitro benzene ring substituents is 1. The van der Waals surface area contributed by atoms with Gasteiger partial charge in [-0.15, -0.1) is 0 Å². The number of nitrogens with zero attached hydrogens (tertiary/aromatic N) is 2. The minimum atomic E-state index is -0.433. The maximum atomic E-state index is 13.0. The van der Waals surface area contributed by atoms with Gasteiger partial charge >= 0.3 is 0 Å². The maximum absolute atomic E-state index is 13.0. The molecule has 0 aliphatic carbocycles. The molecule has 0 atom stereocenters. The van der Waals surface area contributed by atoms with E-state index in [-0.39, 0.29) is 11.6 Å². The topological polar surface area (TPSA) is 79.2 Å². The van der Waals surface area contributed by atoms with Gasteiger partial charge in [-0.05, 0) is 35.6 Å². The zero-order valence-corrected chi connectivity index (χ0v) is 14.7. The van der Waals surface area contributed by atoms with Crippen molar-refractivity contribution in [2.75, 3.05) is 11.4 Å². The normalized spacial score (nSPS) is 13.4. The minimum Gasteiger partial charge on any atom is -0.351 e. The molecule has 0 bridgehead atoms. The number of aromatic nitrogens is 1. The van der Waals surface area contributed by atoms with E-state index in [0.29, 0.717) is 30.3 Å². The van der Waals surface area contributed by atoms with Gasteiger partial charge in [0.15, 0.2) is 0 Å². The zero-order valence-electron chi connectivity index (χ0n) is 14.7. The number of rotatable bonds is 3. The van der Waals surface area contributed by atoms with Crippen LogP contribution in [0.4, 0.5) is 11.4 Å². The van der Waals surface area contributed by atoms with Gasteiger partial charge in [-0.25, -0.2) is 0 Å². The van der Waals surface area contributed by atoms with Gasteiger partial charge < -0.3 is 9.88 Å². The van der Waals surface area contributed by atoms with E-state index >= 15 is 0 Å². The lowest BCUT2D eigenvalue weighted by molar-refractivity contribution is -0.384. The lowest BCUT2D eigenvalue weighted by atomic mass is 10.0. The van der Waals surface area contributed by atoms with Gasteiger partial charge in [0.2, 0.25) is 0 Å². The van der Waals surface area contributed by atoms with Crippen molar-refractivity contribution in [3.63, 3.8) is 0 Å². The number of aromatic amines is 1. The second-order valence-corrected chi connectivity index (χ2v) is 6.96. The van der Waals surface area contributed by atoms with E-state index in [1.54, 1.807) is 11.0 Å². The fourth-order valence-corrected chi connectivity index (χ4v) is 3.46. The van der Waals surface area contributed by atoms with Crippen molar-refractivity contribution in [3.05, 3.63) is 69.4 Å². The molecule has 6 heteroatoms. The fourth-order valence-electron chi connectivity index (χ4n) is 3.46. The van der Waals surface area contributed by atoms with Crippen LogP contribution in [0.2, 0.25) is 0 Å². The van der Waals surface area contributed by atoms with Gasteiger partial charge in [0.1, 0.15) is 5.69 Å². The number of carbonyl (C=O) groups excluding carboxylic acids is 1. The van der Waals surface area contributed by atoms with Gasteiger partial charge in [-0.3, -0.25) is 14.9 Å². The monoisotopic (exact) mass is 349 g/mol. The average molecular weight is 349 g/mol. The minimum absolute atomic E-state index is 0.00155. The summed E-state index contributed by atoms with van der Waals surface area (Å²) >= 11 is 0. The number of hydrogen-bond acceptors (Lipinski definition) is 3. The van der Waals surface area contributed by atoms with Crippen molar-refractivity contribution in [2.45, 2.75) is 26.2 Å². The number of anilines is 1. The Bertz CT molecular complexity index is 1040.